The standard InChI is InChI=1S/C20H32N4O4S/c1-5-16(4)17-6-8-18(9-7-17)29(27,28)24-12-10-23(11-13-24)14-19(25)22-20(26)21-15(2)3/h6-9,15-16H,5,10-14H2,1-4H3,(H2,21,22,25,26)/p+1/t16-/m1/s1. The number of nitrogens with zero attached hydrogens (tertiary/aromatic N) is 1. The van der Waals surface area contributed by atoms with E-state index < -0.39 is 16.1 Å². The maximum Gasteiger partial charge on any atom is 0.321 e. The Kier molecular flexibility index (Phi) is 8.18. The third kappa shape index (κ3) is 6.52. The van der Waals surface area contributed by atoms with Crippen molar-refractivity contribution in [2.45, 2.75) is 51.0 Å². The fraction of sp³-hybridized carbons (Fsp3) is 0.600. The van der Waals surface area contributed by atoms with Gasteiger partial charge in [-0.05, 0) is 43.9 Å². The van der Waals surface area contributed by atoms with Crippen molar-refractivity contribution in [3.8, 4) is 0 Å². The van der Waals surface area contributed by atoms with Crippen molar-refractivity contribution in [1.82, 2.24) is 14.9 Å². The van der Waals surface area contributed by atoms with Crippen molar-refractivity contribution in [2.75, 3.05) is 32.7 Å². The zero-order valence-electron chi connectivity index (χ0n) is 17.7. The summed E-state index contributed by atoms with van der Waals surface area (Å²) < 4.78 is 27.3. The highest BCUT2D eigenvalue weighted by Crippen LogP contribution is 2.22. The van der Waals surface area contributed by atoms with Gasteiger partial charge in [0.1, 0.15) is 0 Å². The summed E-state index contributed by atoms with van der Waals surface area (Å²) in [6, 6.07) is 6.56. The predicted molar refractivity (Wildman–Crippen MR) is 111 cm³/mol. The summed E-state index contributed by atoms with van der Waals surface area (Å²) in [5.74, 6) is 0.0303. The van der Waals surface area contributed by atoms with Crippen molar-refractivity contribution in [3.05, 3.63) is 29.8 Å². The van der Waals surface area contributed by atoms with Crippen LogP contribution in [0.4, 0.5) is 4.79 Å². The second kappa shape index (κ2) is 10.2. The molecule has 3 N–H and O–H groups in total. The molecule has 1 aromatic carbocycles. The number of piperazine rings is 1. The molecule has 1 aromatic rings. The SMILES string of the molecule is CC[C@@H](C)c1ccc(S(=O)(=O)N2CC[NH+](CC(=O)NC(=O)NC(C)C)CC2)cc1. The lowest BCUT2D eigenvalue weighted by Gasteiger charge is -2.31. The van der Waals surface area contributed by atoms with Crippen molar-refractivity contribution in [1.29, 1.82) is 0 Å². The number of hydrogen-bond acceptors (Lipinski definition) is 4. The first-order valence-corrected chi connectivity index (χ1v) is 11.6. The Labute approximate surface area is 173 Å². The van der Waals surface area contributed by atoms with E-state index in [-0.39, 0.29) is 18.5 Å². The quantitative estimate of drug-likeness (QED) is 0.586. The summed E-state index contributed by atoms with van der Waals surface area (Å²) in [7, 11) is -3.54. The third-order valence-electron chi connectivity index (χ3n) is 5.21. The molecule has 0 aliphatic carbocycles. The molecule has 2 rings (SSSR count). The van der Waals surface area contributed by atoms with Gasteiger partial charge in [0.05, 0.1) is 31.1 Å². The first-order chi connectivity index (χ1) is 13.6. The molecule has 1 aliphatic rings. The zero-order valence-corrected chi connectivity index (χ0v) is 18.5. The molecule has 0 bridgehead atoms. The largest absolute Gasteiger partial charge is 0.336 e. The molecule has 0 radical (unpaired) electrons. The van der Waals surface area contributed by atoms with Gasteiger partial charge in [-0.3, -0.25) is 10.1 Å². The molecule has 1 saturated heterocycles. The number of carbonyl (C=O) groups is 2. The van der Waals surface area contributed by atoms with Crippen molar-refractivity contribution in [2.24, 2.45) is 0 Å². The Morgan fingerprint density at radius 1 is 1.10 bits per heavy atom. The van der Waals surface area contributed by atoms with Crippen LogP contribution in [0.5, 0.6) is 0 Å². The van der Waals surface area contributed by atoms with Gasteiger partial charge in [0.25, 0.3) is 5.91 Å². The highest BCUT2D eigenvalue weighted by Gasteiger charge is 2.31. The summed E-state index contributed by atoms with van der Waals surface area (Å²) in [4.78, 5) is 24.8. The maximum absolute atomic E-state index is 12.9. The van der Waals surface area contributed by atoms with E-state index in [1.807, 2.05) is 26.0 Å². The van der Waals surface area contributed by atoms with Crippen LogP contribution in [-0.4, -0.2) is 63.4 Å². The number of rotatable bonds is 7. The van der Waals surface area contributed by atoms with Crippen molar-refractivity contribution in [3.63, 3.8) is 0 Å². The van der Waals surface area contributed by atoms with Gasteiger partial charge in [-0.25, -0.2) is 13.2 Å². The van der Waals surface area contributed by atoms with Gasteiger partial charge in [0, 0.05) is 6.04 Å². The van der Waals surface area contributed by atoms with Gasteiger partial charge in [0.2, 0.25) is 10.0 Å². The minimum absolute atomic E-state index is 0.0526. The van der Waals surface area contributed by atoms with E-state index in [1.54, 1.807) is 12.1 Å². The second-order valence-electron chi connectivity index (χ2n) is 7.89. The molecule has 1 atom stereocenters. The normalized spacial score (nSPS) is 17.1. The van der Waals surface area contributed by atoms with Crippen LogP contribution < -0.4 is 15.5 Å². The van der Waals surface area contributed by atoms with E-state index in [2.05, 4.69) is 24.5 Å². The fourth-order valence-electron chi connectivity index (χ4n) is 3.27. The number of hydrogen-bond donors (Lipinski definition) is 3. The van der Waals surface area contributed by atoms with E-state index in [9.17, 15) is 18.0 Å². The average molecular weight is 426 g/mol. The van der Waals surface area contributed by atoms with Crippen LogP contribution in [0, 0.1) is 0 Å². The smallest absolute Gasteiger partial charge is 0.321 e. The molecular formula is C20H33N4O4S+. The van der Waals surface area contributed by atoms with Gasteiger partial charge < -0.3 is 10.2 Å². The number of amides is 3. The lowest BCUT2D eigenvalue weighted by atomic mass is 9.99. The Balaban J connectivity index is 1.89. The monoisotopic (exact) mass is 425 g/mol. The van der Waals surface area contributed by atoms with E-state index in [0.717, 1.165) is 16.9 Å². The Hall–Kier alpha value is -1.97. The van der Waals surface area contributed by atoms with Crippen LogP contribution in [0.1, 0.15) is 45.6 Å². The lowest BCUT2D eigenvalue weighted by molar-refractivity contribution is -0.895. The number of urea groups is 1. The Morgan fingerprint density at radius 3 is 2.21 bits per heavy atom. The molecule has 9 heteroatoms. The number of nitrogens with one attached hydrogen (secondary N) is 3. The van der Waals surface area contributed by atoms with Gasteiger partial charge in [-0.2, -0.15) is 4.31 Å². The molecule has 0 aromatic heterocycles. The zero-order chi connectivity index (χ0) is 21.6. The molecule has 0 spiro atoms. The number of sulfonamides is 1. The van der Waals surface area contributed by atoms with Crippen LogP contribution >= 0.6 is 0 Å². The van der Waals surface area contributed by atoms with Gasteiger partial charge >= 0.3 is 6.03 Å². The highest BCUT2D eigenvalue weighted by atomic mass is 32.2. The molecule has 1 aliphatic heterocycles. The summed E-state index contributed by atoms with van der Waals surface area (Å²) in [6.07, 6.45) is 1.00. The molecule has 3 amide bonds. The van der Waals surface area contributed by atoms with Crippen LogP contribution in [0.2, 0.25) is 0 Å². The average Bonchev–Trinajstić information content (AvgIpc) is 2.67. The number of quaternary nitrogens is 1. The first-order valence-electron chi connectivity index (χ1n) is 10.2. The van der Waals surface area contributed by atoms with Crippen LogP contribution in [0.25, 0.3) is 0 Å². The Bertz CT molecular complexity index is 800. The van der Waals surface area contributed by atoms with Gasteiger partial charge in [-0.1, -0.05) is 26.0 Å². The van der Waals surface area contributed by atoms with E-state index >= 15 is 0 Å². The molecule has 0 unspecified atom stereocenters. The minimum Gasteiger partial charge on any atom is -0.336 e. The molecule has 0 saturated carbocycles. The van der Waals surface area contributed by atoms with E-state index in [1.165, 1.54) is 4.31 Å². The summed E-state index contributed by atoms with van der Waals surface area (Å²) in [5, 5.41) is 4.91. The molecule has 162 valence electrons. The van der Waals surface area contributed by atoms with E-state index in [4.69, 9.17) is 0 Å². The van der Waals surface area contributed by atoms with Crippen molar-refractivity contribution < 1.29 is 22.9 Å². The summed E-state index contributed by atoms with van der Waals surface area (Å²) in [6.45, 7) is 9.71. The molecule has 1 fully saturated rings. The molecule has 1 heterocycles. The Morgan fingerprint density at radius 2 is 1.69 bits per heavy atom. The molecular weight excluding hydrogens is 392 g/mol. The van der Waals surface area contributed by atoms with E-state index in [0.29, 0.717) is 37.0 Å². The summed E-state index contributed by atoms with van der Waals surface area (Å²) in [5.41, 5.74) is 1.13. The summed E-state index contributed by atoms with van der Waals surface area (Å²) >= 11 is 0. The lowest BCUT2D eigenvalue weighted by Crippen LogP contribution is -3.15. The van der Waals surface area contributed by atoms with Gasteiger partial charge in [0.15, 0.2) is 6.54 Å². The number of carbonyl (C=O) groups excluding carboxylic acids is 2. The topological polar surface area (TPSA) is 100 Å². The fourth-order valence-corrected chi connectivity index (χ4v) is 4.71. The third-order valence-corrected chi connectivity index (χ3v) is 7.12. The predicted octanol–water partition coefficient (Wildman–Crippen LogP) is 0.324. The number of benzene rings is 1. The maximum atomic E-state index is 12.9. The van der Waals surface area contributed by atoms with Gasteiger partial charge in [-0.15, -0.1) is 0 Å². The van der Waals surface area contributed by atoms with Crippen LogP contribution in [0.3, 0.4) is 0 Å². The van der Waals surface area contributed by atoms with Crippen LogP contribution in [-0.2, 0) is 14.8 Å². The highest BCUT2D eigenvalue weighted by molar-refractivity contribution is 7.89. The second-order valence-corrected chi connectivity index (χ2v) is 9.82. The minimum atomic E-state index is -3.54. The number of imide groups is 1. The molecule has 8 nitrogen and oxygen atoms in total. The first kappa shape index (κ1) is 23.3. The van der Waals surface area contributed by atoms with Crippen LogP contribution in [0.15, 0.2) is 29.2 Å². The van der Waals surface area contributed by atoms with Crippen molar-refractivity contribution >= 4 is 22.0 Å². The molecule has 29 heavy (non-hydrogen) atoms.